The minimum atomic E-state index is -0.359. The number of benzene rings is 2. The summed E-state index contributed by atoms with van der Waals surface area (Å²) in [5.41, 5.74) is 7.72. The first kappa shape index (κ1) is 18.4. The zero-order valence-corrected chi connectivity index (χ0v) is 15.6. The fraction of sp³-hybridized carbons (Fsp3) is 0.190. The summed E-state index contributed by atoms with van der Waals surface area (Å²) in [5, 5.41) is 11.0. The Bertz CT molecular complexity index is 976. The average molecular weight is 362 g/mol. The van der Waals surface area contributed by atoms with Gasteiger partial charge in [-0.2, -0.15) is 10.2 Å². The van der Waals surface area contributed by atoms with Crippen LogP contribution >= 0.6 is 0 Å². The number of aromatic amines is 1. The quantitative estimate of drug-likeness (QED) is 0.516. The molecule has 0 atom stereocenters. The maximum absolute atomic E-state index is 12.3. The van der Waals surface area contributed by atoms with Crippen LogP contribution in [0.15, 0.2) is 53.6 Å². The second kappa shape index (κ2) is 8.31. The number of rotatable bonds is 6. The number of nitrogens with zero attached hydrogens (tertiary/aromatic N) is 2. The molecular weight excluding hydrogens is 340 g/mol. The Morgan fingerprint density at radius 1 is 1.19 bits per heavy atom. The van der Waals surface area contributed by atoms with E-state index >= 15 is 0 Å². The highest BCUT2D eigenvalue weighted by atomic mass is 16.5. The summed E-state index contributed by atoms with van der Waals surface area (Å²) in [6.45, 7) is 6.59. The second-order valence-corrected chi connectivity index (χ2v) is 6.14. The first-order chi connectivity index (χ1) is 13.1. The molecule has 6 heteroatoms. The van der Waals surface area contributed by atoms with E-state index < -0.39 is 0 Å². The monoisotopic (exact) mass is 362 g/mol. The van der Waals surface area contributed by atoms with Crippen LogP contribution < -0.4 is 10.2 Å². The Hall–Kier alpha value is -3.41. The number of nitrogens with one attached hydrogen (secondary N) is 2. The van der Waals surface area contributed by atoms with Crippen molar-refractivity contribution in [2.75, 3.05) is 6.61 Å². The fourth-order valence-electron chi connectivity index (χ4n) is 2.58. The lowest BCUT2D eigenvalue weighted by Crippen LogP contribution is -2.18. The maximum Gasteiger partial charge on any atom is 0.289 e. The largest absolute Gasteiger partial charge is 0.493 e. The van der Waals surface area contributed by atoms with Crippen molar-refractivity contribution in [1.29, 1.82) is 0 Å². The average Bonchev–Trinajstić information content (AvgIpc) is 3.16. The van der Waals surface area contributed by atoms with Gasteiger partial charge in [0.25, 0.3) is 5.91 Å². The number of hydrogen-bond donors (Lipinski definition) is 2. The van der Waals surface area contributed by atoms with Gasteiger partial charge in [-0.05, 0) is 56.2 Å². The number of hydrazone groups is 1. The van der Waals surface area contributed by atoms with Crippen LogP contribution in [0.3, 0.4) is 0 Å². The lowest BCUT2D eigenvalue weighted by atomic mass is 10.0. The van der Waals surface area contributed by atoms with E-state index in [9.17, 15) is 4.79 Å². The van der Waals surface area contributed by atoms with Crippen molar-refractivity contribution in [3.8, 4) is 17.0 Å². The highest BCUT2D eigenvalue weighted by molar-refractivity contribution is 5.94. The molecule has 3 rings (SSSR count). The highest BCUT2D eigenvalue weighted by Crippen LogP contribution is 2.21. The number of aromatic nitrogens is 2. The van der Waals surface area contributed by atoms with E-state index in [0.717, 1.165) is 16.9 Å². The third kappa shape index (κ3) is 4.41. The predicted molar refractivity (Wildman–Crippen MR) is 106 cm³/mol. The van der Waals surface area contributed by atoms with Crippen LogP contribution in [0.5, 0.6) is 5.75 Å². The smallest absolute Gasteiger partial charge is 0.289 e. The van der Waals surface area contributed by atoms with Gasteiger partial charge in [-0.15, -0.1) is 0 Å². The SMILES string of the molecule is CCOc1ccccc1C=NNC(=O)c1cc(-c2ccc(C)c(C)c2)n[nH]1. The van der Waals surface area contributed by atoms with E-state index in [2.05, 4.69) is 33.7 Å². The molecule has 0 aliphatic carbocycles. The lowest BCUT2D eigenvalue weighted by molar-refractivity contribution is 0.0950. The Balaban J connectivity index is 1.69. The first-order valence-corrected chi connectivity index (χ1v) is 8.76. The number of ether oxygens (including phenoxy) is 1. The van der Waals surface area contributed by atoms with Crippen LogP contribution in [0.2, 0.25) is 0 Å². The van der Waals surface area contributed by atoms with Gasteiger partial charge in [0.15, 0.2) is 0 Å². The Morgan fingerprint density at radius 2 is 2.00 bits per heavy atom. The van der Waals surface area contributed by atoms with Crippen LogP contribution in [0.1, 0.15) is 34.1 Å². The molecule has 2 aromatic carbocycles. The van der Waals surface area contributed by atoms with Gasteiger partial charge in [-0.25, -0.2) is 5.43 Å². The third-order valence-electron chi connectivity index (χ3n) is 4.21. The molecule has 27 heavy (non-hydrogen) atoms. The molecule has 0 saturated heterocycles. The first-order valence-electron chi connectivity index (χ1n) is 8.76. The Kier molecular flexibility index (Phi) is 5.66. The van der Waals surface area contributed by atoms with Crippen molar-refractivity contribution >= 4 is 12.1 Å². The summed E-state index contributed by atoms with van der Waals surface area (Å²) in [6.07, 6.45) is 1.56. The predicted octanol–water partition coefficient (Wildman–Crippen LogP) is 3.86. The molecule has 2 N–H and O–H groups in total. The number of amides is 1. The normalized spacial score (nSPS) is 10.9. The summed E-state index contributed by atoms with van der Waals surface area (Å²) in [4.78, 5) is 12.3. The van der Waals surface area contributed by atoms with Gasteiger partial charge in [0.1, 0.15) is 11.4 Å². The van der Waals surface area contributed by atoms with Crippen LogP contribution in [-0.2, 0) is 0 Å². The molecule has 1 aromatic heterocycles. The highest BCUT2D eigenvalue weighted by Gasteiger charge is 2.11. The van der Waals surface area contributed by atoms with Crippen LogP contribution in [0, 0.1) is 13.8 Å². The van der Waals surface area contributed by atoms with Crippen LogP contribution in [0.25, 0.3) is 11.3 Å². The van der Waals surface area contributed by atoms with E-state index in [1.54, 1.807) is 12.3 Å². The molecule has 0 spiro atoms. The van der Waals surface area contributed by atoms with E-state index in [0.29, 0.717) is 18.0 Å². The van der Waals surface area contributed by atoms with Gasteiger partial charge in [-0.1, -0.05) is 24.3 Å². The molecule has 138 valence electrons. The summed E-state index contributed by atoms with van der Waals surface area (Å²) in [6, 6.07) is 15.3. The molecule has 0 fully saturated rings. The van der Waals surface area contributed by atoms with Crippen molar-refractivity contribution in [2.45, 2.75) is 20.8 Å². The van der Waals surface area contributed by atoms with E-state index in [1.165, 1.54) is 11.1 Å². The zero-order valence-electron chi connectivity index (χ0n) is 15.6. The summed E-state index contributed by atoms with van der Waals surface area (Å²) < 4.78 is 5.53. The van der Waals surface area contributed by atoms with Crippen molar-refractivity contribution in [2.24, 2.45) is 5.10 Å². The molecule has 1 heterocycles. The molecule has 0 radical (unpaired) electrons. The Morgan fingerprint density at radius 3 is 2.78 bits per heavy atom. The van der Waals surface area contributed by atoms with Crippen molar-refractivity contribution in [1.82, 2.24) is 15.6 Å². The number of carbonyl (C=O) groups is 1. The van der Waals surface area contributed by atoms with Gasteiger partial charge >= 0.3 is 0 Å². The van der Waals surface area contributed by atoms with Gasteiger partial charge in [0.05, 0.1) is 18.5 Å². The number of hydrogen-bond acceptors (Lipinski definition) is 4. The minimum absolute atomic E-state index is 0.346. The van der Waals surface area contributed by atoms with Crippen LogP contribution in [-0.4, -0.2) is 28.9 Å². The van der Waals surface area contributed by atoms with E-state index in [4.69, 9.17) is 4.74 Å². The zero-order chi connectivity index (χ0) is 19.2. The number of H-pyrrole nitrogens is 1. The molecule has 3 aromatic rings. The number of carbonyl (C=O) groups excluding carboxylic acids is 1. The van der Waals surface area contributed by atoms with Crippen molar-refractivity contribution < 1.29 is 9.53 Å². The Labute approximate surface area is 158 Å². The molecule has 0 saturated carbocycles. The lowest BCUT2D eigenvalue weighted by Gasteiger charge is -2.05. The standard InChI is InChI=1S/C21H22N4O2/c1-4-27-20-8-6-5-7-17(20)13-22-25-21(26)19-12-18(23-24-19)16-10-9-14(2)15(3)11-16/h5-13H,4H2,1-3H3,(H,23,24)(H,25,26). The van der Waals surface area contributed by atoms with E-state index in [1.807, 2.05) is 50.2 Å². The topological polar surface area (TPSA) is 79.4 Å². The molecule has 0 aliphatic rings. The van der Waals surface area contributed by atoms with E-state index in [-0.39, 0.29) is 5.91 Å². The summed E-state index contributed by atoms with van der Waals surface area (Å²) in [5.74, 6) is 0.360. The summed E-state index contributed by atoms with van der Waals surface area (Å²) >= 11 is 0. The summed E-state index contributed by atoms with van der Waals surface area (Å²) in [7, 11) is 0. The van der Waals surface area contributed by atoms with Gasteiger partial charge in [0, 0.05) is 11.1 Å². The van der Waals surface area contributed by atoms with Gasteiger partial charge in [0.2, 0.25) is 0 Å². The van der Waals surface area contributed by atoms with Crippen molar-refractivity contribution in [3.05, 3.63) is 70.9 Å². The molecule has 6 nitrogen and oxygen atoms in total. The molecule has 0 unspecified atom stereocenters. The number of aryl methyl sites for hydroxylation is 2. The molecular formula is C21H22N4O2. The molecule has 1 amide bonds. The van der Waals surface area contributed by atoms with Gasteiger partial charge in [-0.3, -0.25) is 9.89 Å². The minimum Gasteiger partial charge on any atom is -0.493 e. The second-order valence-electron chi connectivity index (χ2n) is 6.14. The van der Waals surface area contributed by atoms with Crippen molar-refractivity contribution in [3.63, 3.8) is 0 Å². The third-order valence-corrected chi connectivity index (χ3v) is 4.21. The van der Waals surface area contributed by atoms with Gasteiger partial charge < -0.3 is 4.74 Å². The molecule has 0 aliphatic heterocycles. The number of para-hydroxylation sites is 1. The molecule has 0 bridgehead atoms. The maximum atomic E-state index is 12.3. The van der Waals surface area contributed by atoms with Crippen LogP contribution in [0.4, 0.5) is 0 Å². The fourth-order valence-corrected chi connectivity index (χ4v) is 2.58.